The Morgan fingerprint density at radius 1 is 1.40 bits per heavy atom. The summed E-state index contributed by atoms with van der Waals surface area (Å²) < 4.78 is 10.4. The van der Waals surface area contributed by atoms with Crippen LogP contribution in [-0.2, 0) is 14.3 Å². The van der Waals surface area contributed by atoms with Crippen LogP contribution in [0.3, 0.4) is 0 Å². The van der Waals surface area contributed by atoms with Crippen molar-refractivity contribution in [2.24, 2.45) is 11.3 Å². The van der Waals surface area contributed by atoms with Crippen molar-refractivity contribution >= 4 is 5.97 Å². The van der Waals surface area contributed by atoms with Crippen molar-refractivity contribution in [1.82, 2.24) is 0 Å². The predicted molar refractivity (Wildman–Crippen MR) is 58.6 cm³/mol. The van der Waals surface area contributed by atoms with Crippen molar-refractivity contribution in [2.75, 3.05) is 13.7 Å². The molecule has 0 bridgehead atoms. The van der Waals surface area contributed by atoms with Gasteiger partial charge in [-0.25, -0.2) is 4.79 Å². The predicted octanol–water partition coefficient (Wildman–Crippen LogP) is 2.39. The lowest BCUT2D eigenvalue weighted by molar-refractivity contribution is -0.156. The first kappa shape index (κ1) is 12.5. The Bertz CT molecular complexity index is 213. The average Bonchev–Trinajstić information content (AvgIpc) is 2.93. The first-order chi connectivity index (χ1) is 6.94. The third-order valence-electron chi connectivity index (χ3n) is 2.63. The van der Waals surface area contributed by atoms with Gasteiger partial charge in [0.15, 0.2) is 6.10 Å². The smallest absolute Gasteiger partial charge is 0.335 e. The van der Waals surface area contributed by atoms with Gasteiger partial charge in [0.05, 0.1) is 7.11 Å². The van der Waals surface area contributed by atoms with Crippen molar-refractivity contribution in [3.63, 3.8) is 0 Å². The van der Waals surface area contributed by atoms with E-state index in [1.807, 2.05) is 0 Å². The summed E-state index contributed by atoms with van der Waals surface area (Å²) >= 11 is 0. The molecule has 3 nitrogen and oxygen atoms in total. The molecule has 0 aromatic rings. The molecule has 1 saturated carbocycles. The van der Waals surface area contributed by atoms with Crippen LogP contribution in [0, 0.1) is 11.3 Å². The van der Waals surface area contributed by atoms with Gasteiger partial charge in [0, 0.05) is 6.61 Å². The maximum atomic E-state index is 11.4. The zero-order valence-electron chi connectivity index (χ0n) is 10.2. The fraction of sp³-hybridized carbons (Fsp3) is 0.917. The molecule has 0 saturated heterocycles. The molecule has 0 aliphatic heterocycles. The van der Waals surface area contributed by atoms with Crippen LogP contribution in [0.5, 0.6) is 0 Å². The molecule has 1 aliphatic carbocycles. The second-order valence-corrected chi connectivity index (χ2v) is 5.46. The first-order valence-electron chi connectivity index (χ1n) is 5.63. The Labute approximate surface area is 92.1 Å². The van der Waals surface area contributed by atoms with E-state index < -0.39 is 0 Å². The van der Waals surface area contributed by atoms with Crippen LogP contribution in [-0.4, -0.2) is 25.8 Å². The number of carbonyl (C=O) groups is 1. The summed E-state index contributed by atoms with van der Waals surface area (Å²) in [7, 11) is 1.42. The van der Waals surface area contributed by atoms with Gasteiger partial charge in [-0.1, -0.05) is 20.8 Å². The minimum absolute atomic E-state index is 0.216. The summed E-state index contributed by atoms with van der Waals surface area (Å²) in [6.45, 7) is 7.14. The van der Waals surface area contributed by atoms with Crippen LogP contribution in [0.4, 0.5) is 0 Å². The number of hydrogen-bond donors (Lipinski definition) is 0. The number of ether oxygens (including phenoxy) is 2. The standard InChI is InChI=1S/C12H22O3/c1-12(2,3)7-8-15-10(9-5-6-9)11(13)14-4/h9-10H,5-8H2,1-4H3. The van der Waals surface area contributed by atoms with Gasteiger partial charge in [0.25, 0.3) is 0 Å². The zero-order valence-corrected chi connectivity index (χ0v) is 10.2. The van der Waals surface area contributed by atoms with Crippen LogP contribution >= 0.6 is 0 Å². The molecule has 1 atom stereocenters. The SMILES string of the molecule is COC(=O)C(OCCC(C)(C)C)C1CC1. The minimum atomic E-state index is -0.322. The van der Waals surface area contributed by atoms with Gasteiger partial charge in [-0.15, -0.1) is 0 Å². The summed E-state index contributed by atoms with van der Waals surface area (Å²) in [5, 5.41) is 0. The van der Waals surface area contributed by atoms with E-state index in [2.05, 4.69) is 20.8 Å². The van der Waals surface area contributed by atoms with Crippen molar-refractivity contribution in [1.29, 1.82) is 0 Å². The number of methoxy groups -OCH3 is 1. The Kier molecular flexibility index (Phi) is 4.14. The quantitative estimate of drug-likeness (QED) is 0.659. The molecule has 0 N–H and O–H groups in total. The van der Waals surface area contributed by atoms with Crippen LogP contribution in [0.15, 0.2) is 0 Å². The van der Waals surface area contributed by atoms with E-state index in [-0.39, 0.29) is 17.5 Å². The Hall–Kier alpha value is -0.570. The van der Waals surface area contributed by atoms with Gasteiger partial charge in [-0.2, -0.15) is 0 Å². The fourth-order valence-corrected chi connectivity index (χ4v) is 1.40. The zero-order chi connectivity index (χ0) is 11.5. The molecule has 0 radical (unpaired) electrons. The average molecular weight is 214 g/mol. The number of hydrogen-bond acceptors (Lipinski definition) is 3. The summed E-state index contributed by atoms with van der Waals surface area (Å²) in [5.41, 5.74) is 0.254. The van der Waals surface area contributed by atoms with Crippen LogP contribution < -0.4 is 0 Å². The summed E-state index contributed by atoms with van der Waals surface area (Å²) in [6, 6.07) is 0. The summed E-state index contributed by atoms with van der Waals surface area (Å²) in [5.74, 6) is 0.184. The normalized spacial score (nSPS) is 18.7. The van der Waals surface area contributed by atoms with Gasteiger partial charge in [-0.05, 0) is 30.6 Å². The van der Waals surface area contributed by atoms with Gasteiger partial charge in [0.1, 0.15) is 0 Å². The molecule has 1 unspecified atom stereocenters. The molecule has 0 spiro atoms. The highest BCUT2D eigenvalue weighted by atomic mass is 16.6. The number of carbonyl (C=O) groups excluding carboxylic acids is 1. The van der Waals surface area contributed by atoms with Crippen LogP contribution in [0.2, 0.25) is 0 Å². The topological polar surface area (TPSA) is 35.5 Å². The molecular weight excluding hydrogens is 192 g/mol. The lowest BCUT2D eigenvalue weighted by Gasteiger charge is -2.20. The van der Waals surface area contributed by atoms with Gasteiger partial charge in [0.2, 0.25) is 0 Å². The van der Waals surface area contributed by atoms with Crippen molar-refractivity contribution in [2.45, 2.75) is 46.1 Å². The van der Waals surface area contributed by atoms with Crippen LogP contribution in [0.1, 0.15) is 40.0 Å². The van der Waals surface area contributed by atoms with E-state index in [0.29, 0.717) is 12.5 Å². The molecular formula is C12H22O3. The van der Waals surface area contributed by atoms with E-state index in [9.17, 15) is 4.79 Å². The Morgan fingerprint density at radius 3 is 2.40 bits per heavy atom. The van der Waals surface area contributed by atoms with E-state index in [4.69, 9.17) is 9.47 Å². The second kappa shape index (κ2) is 4.97. The van der Waals surface area contributed by atoms with E-state index in [1.54, 1.807) is 0 Å². The highest BCUT2D eigenvalue weighted by Crippen LogP contribution is 2.35. The number of esters is 1. The molecule has 3 heteroatoms. The van der Waals surface area contributed by atoms with Crippen molar-refractivity contribution in [3.05, 3.63) is 0 Å². The maximum absolute atomic E-state index is 11.4. The molecule has 1 fully saturated rings. The molecule has 1 rings (SSSR count). The first-order valence-corrected chi connectivity index (χ1v) is 5.63. The highest BCUT2D eigenvalue weighted by Gasteiger charge is 2.37. The van der Waals surface area contributed by atoms with E-state index in [0.717, 1.165) is 19.3 Å². The molecule has 0 aromatic heterocycles. The fourth-order valence-electron chi connectivity index (χ4n) is 1.40. The van der Waals surface area contributed by atoms with Crippen LogP contribution in [0.25, 0.3) is 0 Å². The minimum Gasteiger partial charge on any atom is -0.467 e. The molecule has 0 amide bonds. The summed E-state index contributed by atoms with van der Waals surface area (Å²) in [6.07, 6.45) is 2.83. The molecule has 0 aromatic carbocycles. The molecule has 88 valence electrons. The third-order valence-corrected chi connectivity index (χ3v) is 2.63. The molecule has 0 heterocycles. The summed E-state index contributed by atoms with van der Waals surface area (Å²) in [4.78, 5) is 11.4. The van der Waals surface area contributed by atoms with Crippen molar-refractivity contribution < 1.29 is 14.3 Å². The lowest BCUT2D eigenvalue weighted by atomic mass is 9.93. The third kappa shape index (κ3) is 4.65. The monoisotopic (exact) mass is 214 g/mol. The second-order valence-electron chi connectivity index (χ2n) is 5.46. The van der Waals surface area contributed by atoms with E-state index in [1.165, 1.54) is 7.11 Å². The Morgan fingerprint density at radius 2 is 2.00 bits per heavy atom. The van der Waals surface area contributed by atoms with Gasteiger partial charge in [-0.3, -0.25) is 0 Å². The maximum Gasteiger partial charge on any atom is 0.335 e. The van der Waals surface area contributed by atoms with E-state index >= 15 is 0 Å². The highest BCUT2D eigenvalue weighted by molar-refractivity contribution is 5.75. The van der Waals surface area contributed by atoms with Gasteiger partial charge < -0.3 is 9.47 Å². The van der Waals surface area contributed by atoms with Gasteiger partial charge >= 0.3 is 5.97 Å². The Balaban J connectivity index is 2.29. The number of rotatable bonds is 5. The van der Waals surface area contributed by atoms with Crippen molar-refractivity contribution in [3.8, 4) is 0 Å². The lowest BCUT2D eigenvalue weighted by Crippen LogP contribution is -2.29. The largest absolute Gasteiger partial charge is 0.467 e. The molecule has 1 aliphatic rings. The molecule has 15 heavy (non-hydrogen) atoms.